The Labute approximate surface area is 142 Å². The average molecular weight is 361 g/mol. The minimum absolute atomic E-state index is 0.300. The molecule has 0 saturated heterocycles. The number of H-pyrrole nitrogens is 1. The van der Waals surface area contributed by atoms with Crippen LogP contribution < -0.4 is 0 Å². The number of nitrogens with one attached hydrogen (secondary N) is 1. The first-order chi connectivity index (χ1) is 10.5. The smallest absolute Gasteiger partial charge is 0.356 e. The van der Waals surface area contributed by atoms with Gasteiger partial charge in [0.05, 0.1) is 29.8 Å². The minimum Gasteiger partial charge on any atom is -0.464 e. The lowest BCUT2D eigenvalue weighted by molar-refractivity contribution is 0.0583. The number of aromatic nitrogens is 2. The van der Waals surface area contributed by atoms with Gasteiger partial charge in [-0.15, -0.1) is 0 Å². The minimum atomic E-state index is -0.492. The van der Waals surface area contributed by atoms with Crippen molar-refractivity contribution in [1.82, 2.24) is 9.55 Å². The van der Waals surface area contributed by atoms with Crippen LogP contribution >= 0.6 is 35.4 Å². The number of carbonyl (C=O) groups excluding carboxylic acids is 1. The Morgan fingerprint density at radius 1 is 1.36 bits per heavy atom. The van der Waals surface area contributed by atoms with Crippen LogP contribution in [0.4, 0.5) is 0 Å². The van der Waals surface area contributed by atoms with Crippen LogP contribution in [-0.2, 0) is 9.47 Å². The van der Waals surface area contributed by atoms with Crippen molar-refractivity contribution >= 4 is 41.4 Å². The predicted molar refractivity (Wildman–Crippen MR) is 87.4 cm³/mol. The highest BCUT2D eigenvalue weighted by Gasteiger charge is 2.22. The molecule has 0 bridgehead atoms. The zero-order valence-corrected chi connectivity index (χ0v) is 14.3. The van der Waals surface area contributed by atoms with Gasteiger partial charge in [0.25, 0.3) is 0 Å². The molecule has 0 aliphatic rings. The van der Waals surface area contributed by atoms with Gasteiger partial charge in [-0.3, -0.25) is 0 Å². The van der Waals surface area contributed by atoms with Gasteiger partial charge >= 0.3 is 5.97 Å². The second-order valence-corrected chi connectivity index (χ2v) is 5.69. The van der Waals surface area contributed by atoms with Crippen molar-refractivity contribution < 1.29 is 14.3 Å². The normalized spacial score (nSPS) is 12.2. The van der Waals surface area contributed by atoms with E-state index in [4.69, 9.17) is 44.9 Å². The molecule has 8 heteroatoms. The number of imidazole rings is 1. The number of carbonyl (C=O) groups is 1. The zero-order chi connectivity index (χ0) is 16.3. The van der Waals surface area contributed by atoms with Gasteiger partial charge in [0.15, 0.2) is 4.77 Å². The lowest BCUT2D eigenvalue weighted by atomic mass is 10.1. The third-order valence-corrected chi connectivity index (χ3v) is 4.22. The zero-order valence-electron chi connectivity index (χ0n) is 11.9. The van der Waals surface area contributed by atoms with Crippen molar-refractivity contribution in [3.63, 3.8) is 0 Å². The molecule has 1 atom stereocenters. The molecule has 0 aliphatic carbocycles. The maximum atomic E-state index is 11.9. The summed E-state index contributed by atoms with van der Waals surface area (Å²) in [6, 6.07) is 4.89. The van der Waals surface area contributed by atoms with Crippen molar-refractivity contribution in [1.29, 1.82) is 0 Å². The molecule has 0 aliphatic heterocycles. The fourth-order valence-corrected chi connectivity index (χ4v) is 2.74. The average Bonchev–Trinajstić information content (AvgIpc) is 2.88. The number of aromatic amines is 1. The van der Waals surface area contributed by atoms with Crippen molar-refractivity contribution in [3.8, 4) is 0 Å². The summed E-state index contributed by atoms with van der Waals surface area (Å²) in [6.45, 7) is 0.300. The van der Waals surface area contributed by atoms with Gasteiger partial charge in [-0.2, -0.15) is 0 Å². The Morgan fingerprint density at radius 3 is 2.68 bits per heavy atom. The fourth-order valence-electron chi connectivity index (χ4n) is 2.15. The fraction of sp³-hybridized carbons (Fsp3) is 0.286. The van der Waals surface area contributed by atoms with E-state index in [-0.39, 0.29) is 6.04 Å². The Hall–Kier alpha value is -1.34. The Bertz CT molecular complexity index is 742. The van der Waals surface area contributed by atoms with Gasteiger partial charge in [-0.25, -0.2) is 4.79 Å². The summed E-state index contributed by atoms with van der Waals surface area (Å²) in [7, 11) is 2.88. The molecule has 2 aromatic rings. The number of benzene rings is 1. The Kier molecular flexibility index (Phi) is 5.63. The van der Waals surface area contributed by atoms with Gasteiger partial charge in [0.2, 0.25) is 0 Å². The van der Waals surface area contributed by atoms with Gasteiger partial charge in [0, 0.05) is 13.3 Å². The van der Waals surface area contributed by atoms with Crippen molar-refractivity contribution in [2.45, 2.75) is 6.04 Å². The van der Waals surface area contributed by atoms with Crippen LogP contribution in [0.3, 0.4) is 0 Å². The highest BCUT2D eigenvalue weighted by molar-refractivity contribution is 7.71. The molecule has 5 nitrogen and oxygen atoms in total. The first-order valence-electron chi connectivity index (χ1n) is 6.31. The summed E-state index contributed by atoms with van der Waals surface area (Å²) < 4.78 is 12.1. The maximum Gasteiger partial charge on any atom is 0.356 e. The summed E-state index contributed by atoms with van der Waals surface area (Å²) in [5.41, 5.74) is 1.12. The third kappa shape index (κ3) is 3.35. The molecular formula is C14H14Cl2N2O3S. The predicted octanol–water partition coefficient (Wildman–Crippen LogP) is 3.87. The first-order valence-corrected chi connectivity index (χ1v) is 7.48. The van der Waals surface area contributed by atoms with E-state index in [1.807, 2.05) is 6.07 Å². The summed E-state index contributed by atoms with van der Waals surface area (Å²) >= 11 is 17.3. The molecule has 118 valence electrons. The maximum absolute atomic E-state index is 11.9. The summed E-state index contributed by atoms with van der Waals surface area (Å²) in [5.74, 6) is -0.492. The van der Waals surface area contributed by atoms with E-state index >= 15 is 0 Å². The number of hydrogen-bond donors (Lipinski definition) is 1. The van der Waals surface area contributed by atoms with Crippen LogP contribution in [0.15, 0.2) is 24.4 Å². The van der Waals surface area contributed by atoms with Crippen LogP contribution in [0.25, 0.3) is 0 Å². The van der Waals surface area contributed by atoms with E-state index in [2.05, 4.69) is 4.98 Å². The van der Waals surface area contributed by atoms with Crippen LogP contribution in [0.2, 0.25) is 10.0 Å². The van der Waals surface area contributed by atoms with Crippen LogP contribution in [0.1, 0.15) is 22.1 Å². The second-order valence-electron chi connectivity index (χ2n) is 4.49. The van der Waals surface area contributed by atoms with E-state index in [9.17, 15) is 4.79 Å². The molecule has 0 fully saturated rings. The lowest BCUT2D eigenvalue weighted by Crippen LogP contribution is -2.21. The number of ether oxygens (including phenoxy) is 2. The second kappa shape index (κ2) is 7.28. The molecule has 0 amide bonds. The number of methoxy groups -OCH3 is 2. The van der Waals surface area contributed by atoms with Crippen LogP contribution in [0.5, 0.6) is 0 Å². The molecule has 0 saturated carbocycles. The molecule has 1 unspecified atom stereocenters. The van der Waals surface area contributed by atoms with E-state index in [0.717, 1.165) is 5.56 Å². The molecule has 22 heavy (non-hydrogen) atoms. The molecule has 1 heterocycles. The first kappa shape index (κ1) is 17.0. The van der Waals surface area contributed by atoms with E-state index in [1.165, 1.54) is 13.3 Å². The summed E-state index contributed by atoms with van der Waals surface area (Å²) in [4.78, 5) is 14.8. The quantitative estimate of drug-likeness (QED) is 0.649. The number of rotatable bonds is 5. The van der Waals surface area contributed by atoms with E-state index in [1.54, 1.807) is 23.8 Å². The van der Waals surface area contributed by atoms with E-state index in [0.29, 0.717) is 27.1 Å². The van der Waals surface area contributed by atoms with E-state index < -0.39 is 5.97 Å². The summed E-state index contributed by atoms with van der Waals surface area (Å²) in [6.07, 6.45) is 1.51. The molecule has 0 radical (unpaired) electrons. The molecule has 2 rings (SSSR count). The van der Waals surface area contributed by atoms with Crippen LogP contribution in [-0.4, -0.2) is 36.3 Å². The third-order valence-electron chi connectivity index (χ3n) is 3.17. The molecule has 1 N–H and O–H groups in total. The van der Waals surface area contributed by atoms with Crippen molar-refractivity contribution in [2.75, 3.05) is 20.8 Å². The molecule has 1 aromatic carbocycles. The summed E-state index contributed by atoms with van der Waals surface area (Å²) in [5, 5.41) is 0.870. The Morgan fingerprint density at radius 2 is 2.09 bits per heavy atom. The molecule has 0 spiro atoms. The highest BCUT2D eigenvalue weighted by Crippen LogP contribution is 2.28. The van der Waals surface area contributed by atoms with Crippen molar-refractivity contribution in [3.05, 3.63) is 50.5 Å². The number of halogens is 2. The van der Waals surface area contributed by atoms with Gasteiger partial charge < -0.3 is 19.0 Å². The van der Waals surface area contributed by atoms with Gasteiger partial charge in [-0.1, -0.05) is 29.3 Å². The molecule has 1 aromatic heterocycles. The van der Waals surface area contributed by atoms with Crippen molar-refractivity contribution in [2.24, 2.45) is 0 Å². The number of nitrogens with zero attached hydrogens (tertiary/aromatic N) is 1. The largest absolute Gasteiger partial charge is 0.464 e. The lowest BCUT2D eigenvalue weighted by Gasteiger charge is -2.20. The molecular weight excluding hydrogens is 347 g/mol. The number of hydrogen-bond acceptors (Lipinski definition) is 4. The Balaban J connectivity index is 2.57. The van der Waals surface area contributed by atoms with Gasteiger partial charge in [0.1, 0.15) is 5.69 Å². The topological polar surface area (TPSA) is 56.2 Å². The number of esters is 1. The monoisotopic (exact) mass is 360 g/mol. The standard InChI is InChI=1S/C14H14Cl2N2O3S/c1-20-7-12(8-3-4-9(15)10(16)5-8)18-11(13(19)21-2)6-17-14(18)22/h3-6,12H,7H2,1-2H3,(H,17,22). The van der Waals surface area contributed by atoms with Gasteiger partial charge in [-0.05, 0) is 29.9 Å². The van der Waals surface area contributed by atoms with Crippen LogP contribution in [0, 0.1) is 4.77 Å². The highest BCUT2D eigenvalue weighted by atomic mass is 35.5. The SMILES string of the molecule is COCC(c1ccc(Cl)c(Cl)c1)n1c(C(=O)OC)c[nH]c1=S.